The van der Waals surface area contributed by atoms with Gasteiger partial charge in [0.1, 0.15) is 5.69 Å². The Kier molecular flexibility index (Phi) is 3.78. The van der Waals surface area contributed by atoms with E-state index in [2.05, 4.69) is 15.4 Å². The lowest BCUT2D eigenvalue weighted by molar-refractivity contribution is 0.0996. The van der Waals surface area contributed by atoms with Crippen molar-refractivity contribution in [1.82, 2.24) is 14.6 Å². The van der Waals surface area contributed by atoms with Crippen LogP contribution in [0.25, 0.3) is 0 Å². The molecule has 0 saturated carbocycles. The van der Waals surface area contributed by atoms with Crippen molar-refractivity contribution in [3.8, 4) is 0 Å². The highest BCUT2D eigenvalue weighted by Gasteiger charge is 2.22. The fourth-order valence-corrected chi connectivity index (χ4v) is 2.33. The molecule has 0 radical (unpaired) electrons. The molecular formula is C9H14N5O3P. The highest BCUT2D eigenvalue weighted by Crippen LogP contribution is 2.26. The molecule has 1 atom stereocenters. The zero-order valence-corrected chi connectivity index (χ0v) is 10.5. The largest absolute Gasteiger partial charge is 0.396 e. The highest BCUT2D eigenvalue weighted by molar-refractivity contribution is 7.28. The third-order valence-electron chi connectivity index (χ3n) is 2.86. The van der Waals surface area contributed by atoms with Crippen molar-refractivity contribution < 1.29 is 13.9 Å². The van der Waals surface area contributed by atoms with Crippen LogP contribution in [-0.2, 0) is 9.13 Å². The van der Waals surface area contributed by atoms with Gasteiger partial charge in [-0.05, 0) is 12.8 Å². The molecule has 1 aliphatic rings. The molecule has 1 amide bonds. The zero-order valence-electron chi connectivity index (χ0n) is 9.63. The van der Waals surface area contributed by atoms with E-state index in [1.165, 1.54) is 0 Å². The number of amides is 1. The summed E-state index contributed by atoms with van der Waals surface area (Å²) in [6.45, 7) is 1.11. The minimum atomic E-state index is -2.56. The lowest BCUT2D eigenvalue weighted by Gasteiger charge is -2.25. The molecule has 8 nitrogen and oxygen atoms in total. The predicted molar refractivity (Wildman–Crippen MR) is 63.8 cm³/mol. The van der Waals surface area contributed by atoms with Gasteiger partial charge in [-0.2, -0.15) is 0 Å². The maximum absolute atomic E-state index is 11.1. The minimum absolute atomic E-state index is 0.115. The van der Waals surface area contributed by atoms with Crippen LogP contribution < -0.4 is 16.1 Å². The third-order valence-corrected chi connectivity index (χ3v) is 3.34. The number of carbonyl (C=O) groups excluding carboxylic acids is 1. The van der Waals surface area contributed by atoms with Gasteiger partial charge in [-0.15, -0.1) is 0 Å². The van der Waals surface area contributed by atoms with Crippen molar-refractivity contribution >= 4 is 19.7 Å². The van der Waals surface area contributed by atoms with E-state index in [-0.39, 0.29) is 11.7 Å². The summed E-state index contributed by atoms with van der Waals surface area (Å²) in [5.41, 5.74) is 5.39. The van der Waals surface area contributed by atoms with E-state index in [4.69, 9.17) is 5.73 Å². The number of fused-ring (bicyclic) bond motifs is 1. The molecule has 9 heteroatoms. The fourth-order valence-electron chi connectivity index (χ4n) is 2.02. The number of hydrogen-bond acceptors (Lipinski definition) is 5. The van der Waals surface area contributed by atoms with Gasteiger partial charge in [0.25, 0.3) is 5.91 Å². The summed E-state index contributed by atoms with van der Waals surface area (Å²) in [7, 11) is -2.56. The van der Waals surface area contributed by atoms with Crippen LogP contribution in [0.1, 0.15) is 29.4 Å². The van der Waals surface area contributed by atoms with Crippen molar-refractivity contribution in [1.29, 1.82) is 0 Å². The van der Waals surface area contributed by atoms with Gasteiger partial charge in [0.05, 0.1) is 0 Å². The van der Waals surface area contributed by atoms with Crippen LogP contribution in [0.4, 0.5) is 5.95 Å². The predicted octanol–water partition coefficient (Wildman–Crippen LogP) is 0.406. The van der Waals surface area contributed by atoms with Gasteiger partial charge in [-0.1, -0.05) is 0 Å². The smallest absolute Gasteiger partial charge is 0.364 e. The van der Waals surface area contributed by atoms with Crippen LogP contribution in [0.15, 0.2) is 6.20 Å². The molecule has 1 aromatic heterocycles. The van der Waals surface area contributed by atoms with Crippen molar-refractivity contribution in [2.75, 3.05) is 18.4 Å². The topological polar surface area (TPSA) is 119 Å². The fraction of sp³-hybridized carbons (Fsp3) is 0.556. The average Bonchev–Trinajstić information content (AvgIpc) is 2.73. The summed E-state index contributed by atoms with van der Waals surface area (Å²) in [4.78, 5) is 15.1. The first-order chi connectivity index (χ1) is 8.58. The zero-order chi connectivity index (χ0) is 13.1. The van der Waals surface area contributed by atoms with Gasteiger partial charge in [0.2, 0.25) is 5.95 Å². The van der Waals surface area contributed by atoms with E-state index >= 15 is 0 Å². The van der Waals surface area contributed by atoms with Crippen LogP contribution in [0.2, 0.25) is 0 Å². The second kappa shape index (κ2) is 5.32. The number of nitrogens with one attached hydrogen (secondary N) is 2. The van der Waals surface area contributed by atoms with Crippen LogP contribution in [0, 0.1) is 0 Å². The molecule has 0 bridgehead atoms. The first kappa shape index (κ1) is 12.8. The second-order valence-electron chi connectivity index (χ2n) is 4.04. The first-order valence-electron chi connectivity index (χ1n) is 5.58. The van der Waals surface area contributed by atoms with Crippen molar-refractivity contribution in [3.63, 3.8) is 0 Å². The maximum Gasteiger partial charge on any atom is 0.396 e. The highest BCUT2D eigenvalue weighted by atomic mass is 31.1. The molecular weight excluding hydrogens is 257 g/mol. The molecule has 1 aromatic rings. The molecule has 1 unspecified atom stereocenters. The first-order valence-corrected chi connectivity index (χ1v) is 6.76. The number of hydrogen-bond donors (Lipinski definition) is 3. The van der Waals surface area contributed by atoms with Gasteiger partial charge < -0.3 is 15.6 Å². The van der Waals surface area contributed by atoms with E-state index in [0.29, 0.717) is 18.9 Å². The normalized spacial score (nSPS) is 17.9. The summed E-state index contributed by atoms with van der Waals surface area (Å²) >= 11 is 0. The summed E-state index contributed by atoms with van der Waals surface area (Å²) in [5.74, 6) is 0.0322. The molecule has 0 fully saturated rings. The summed E-state index contributed by atoms with van der Waals surface area (Å²) in [6, 6.07) is 0.115. The number of nitrogens with two attached hydrogens (primary N) is 1. The van der Waals surface area contributed by atoms with Gasteiger partial charge in [-0.25, -0.2) is 19.2 Å². The van der Waals surface area contributed by atoms with E-state index in [0.717, 1.165) is 13.0 Å². The van der Waals surface area contributed by atoms with Gasteiger partial charge >= 0.3 is 7.83 Å². The van der Waals surface area contributed by atoms with Gasteiger partial charge in [0, 0.05) is 25.3 Å². The molecule has 0 spiro atoms. The van der Waals surface area contributed by atoms with Crippen LogP contribution >= 0.6 is 7.83 Å². The molecule has 2 rings (SSSR count). The molecule has 0 saturated heterocycles. The minimum Gasteiger partial charge on any atom is -0.364 e. The Labute approximate surface area is 104 Å². The van der Waals surface area contributed by atoms with Crippen molar-refractivity contribution in [2.45, 2.75) is 18.9 Å². The number of primary amides is 1. The van der Waals surface area contributed by atoms with Crippen molar-refractivity contribution in [3.05, 3.63) is 11.9 Å². The van der Waals surface area contributed by atoms with Crippen LogP contribution in [0.5, 0.6) is 0 Å². The van der Waals surface area contributed by atoms with Gasteiger partial charge in [0.15, 0.2) is 0 Å². The number of imidazole rings is 1. The standard InChI is InChI=1S/C9H14N5O3P/c10-8(15)7-5-14-6(2-4-12-18(16)17)1-3-11-9(14)13-7/h5-6H,1-4H2,(H2,10,15)(H,11,13)(H,12,16,17). The monoisotopic (exact) mass is 271 g/mol. The molecule has 0 aliphatic carbocycles. The second-order valence-corrected chi connectivity index (χ2v) is 4.87. The Balaban J connectivity index is 2.09. The van der Waals surface area contributed by atoms with Crippen LogP contribution in [0.3, 0.4) is 0 Å². The molecule has 4 N–H and O–H groups in total. The molecule has 18 heavy (non-hydrogen) atoms. The van der Waals surface area contributed by atoms with E-state index < -0.39 is 13.7 Å². The summed E-state index contributed by atoms with van der Waals surface area (Å²) in [6.07, 6.45) is 3.09. The Morgan fingerprint density at radius 2 is 2.44 bits per heavy atom. The lowest BCUT2D eigenvalue weighted by atomic mass is 10.1. The number of carbonyl (C=O) groups is 1. The molecule has 2 heterocycles. The molecule has 0 aromatic carbocycles. The number of rotatable bonds is 5. The van der Waals surface area contributed by atoms with E-state index in [9.17, 15) is 13.9 Å². The Morgan fingerprint density at radius 1 is 1.67 bits per heavy atom. The van der Waals surface area contributed by atoms with E-state index in [1.54, 1.807) is 6.20 Å². The Hall–Kier alpha value is -1.66. The van der Waals surface area contributed by atoms with E-state index in [1.807, 2.05) is 4.57 Å². The average molecular weight is 271 g/mol. The number of aromatic nitrogens is 2. The summed E-state index contributed by atoms with van der Waals surface area (Å²) < 4.78 is 22.7. The maximum atomic E-state index is 11.1. The quantitative estimate of drug-likeness (QED) is 0.667. The SMILES string of the molecule is NC(=O)c1cn2c(n1)NCCC2CCNP(=O)=O. The molecule has 1 aliphatic heterocycles. The lowest BCUT2D eigenvalue weighted by Crippen LogP contribution is -2.24. The van der Waals surface area contributed by atoms with Gasteiger partial charge in [-0.3, -0.25) is 4.79 Å². The number of nitrogens with zero attached hydrogens (tertiary/aromatic N) is 2. The molecule has 98 valence electrons. The van der Waals surface area contributed by atoms with Crippen molar-refractivity contribution in [2.24, 2.45) is 5.73 Å². The Morgan fingerprint density at radius 3 is 3.11 bits per heavy atom. The van der Waals surface area contributed by atoms with Crippen LogP contribution in [-0.4, -0.2) is 28.5 Å². The number of anilines is 1. The third kappa shape index (κ3) is 2.77. The summed E-state index contributed by atoms with van der Waals surface area (Å²) in [5, 5.41) is 5.43. The Bertz CT molecular complexity index is 516.